The Labute approximate surface area is 184 Å². The highest BCUT2D eigenvalue weighted by Gasteiger charge is 2.24. The third-order valence-corrected chi connectivity index (χ3v) is 5.93. The molecule has 0 aliphatic rings. The summed E-state index contributed by atoms with van der Waals surface area (Å²) in [4.78, 5) is 3.76. The lowest BCUT2D eigenvalue weighted by molar-refractivity contribution is -0.666. The van der Waals surface area contributed by atoms with Gasteiger partial charge in [0.2, 0.25) is 5.69 Å². The van der Waals surface area contributed by atoms with Crippen molar-refractivity contribution in [3.63, 3.8) is 0 Å². The van der Waals surface area contributed by atoms with Gasteiger partial charge in [-0.05, 0) is 36.6 Å². The lowest BCUT2D eigenvalue weighted by Crippen LogP contribution is -2.35. The third-order valence-electron chi connectivity index (χ3n) is 5.93. The fraction of sp³-hybridized carbons (Fsp3) is 0.143. The third kappa shape index (κ3) is 2.92. The Kier molecular flexibility index (Phi) is 3.86. The van der Waals surface area contributed by atoms with Crippen LogP contribution in [0, 0.1) is 27.3 Å². The summed E-state index contributed by atoms with van der Waals surface area (Å²) in [5.41, 5.74) is 7.85. The van der Waals surface area contributed by atoms with E-state index in [2.05, 4.69) is 4.85 Å². The van der Waals surface area contributed by atoms with Crippen molar-refractivity contribution in [2.24, 2.45) is 7.05 Å². The Bertz CT molecular complexity index is 1600. The van der Waals surface area contributed by atoms with E-state index in [1.54, 1.807) is 0 Å². The van der Waals surface area contributed by atoms with Crippen LogP contribution < -0.4 is 4.57 Å². The summed E-state index contributed by atoms with van der Waals surface area (Å²) in [5, 5.41) is 1.85. The van der Waals surface area contributed by atoms with Crippen LogP contribution in [0.25, 0.3) is 49.2 Å². The molecule has 0 saturated heterocycles. The van der Waals surface area contributed by atoms with Crippen LogP contribution in [-0.4, -0.2) is 0 Å². The molecule has 0 saturated carbocycles. The van der Waals surface area contributed by atoms with Crippen LogP contribution in [-0.2, 0) is 7.05 Å². The highest BCUT2D eigenvalue weighted by molar-refractivity contribution is 6.17. The van der Waals surface area contributed by atoms with Gasteiger partial charge < -0.3 is 4.42 Å². The summed E-state index contributed by atoms with van der Waals surface area (Å²) in [7, 11) is 1.91. The summed E-state index contributed by atoms with van der Waals surface area (Å²) in [6.07, 6.45) is 0. The number of nitrogens with zero attached hydrogens (tertiary/aromatic N) is 2. The van der Waals surface area contributed by atoms with Gasteiger partial charge in [-0.25, -0.2) is 4.85 Å². The number of hydrogen-bond donors (Lipinski definition) is 0. The largest absolute Gasteiger partial charge is 0.457 e. The first-order valence-corrected chi connectivity index (χ1v) is 10.2. The smallest absolute Gasteiger partial charge is 0.213 e. The van der Waals surface area contributed by atoms with Gasteiger partial charge in [-0.2, -0.15) is 4.57 Å². The van der Waals surface area contributed by atoms with Crippen LogP contribution in [0.5, 0.6) is 0 Å². The molecule has 0 spiro atoms. The van der Waals surface area contributed by atoms with Gasteiger partial charge in [-0.1, -0.05) is 48.5 Å². The molecule has 0 bridgehead atoms. The molecule has 3 aromatic carbocycles. The van der Waals surface area contributed by atoms with Gasteiger partial charge in [0.15, 0.2) is 11.4 Å². The van der Waals surface area contributed by atoms with Crippen LogP contribution in [0.2, 0.25) is 0 Å². The lowest BCUT2D eigenvalue weighted by atomic mass is 9.95. The Hall–Kier alpha value is -3.90. The summed E-state index contributed by atoms with van der Waals surface area (Å²) >= 11 is 0. The Morgan fingerprint density at radius 1 is 0.935 bits per heavy atom. The van der Waals surface area contributed by atoms with E-state index in [0.717, 1.165) is 50.0 Å². The van der Waals surface area contributed by atoms with Gasteiger partial charge in [0.05, 0.1) is 14.9 Å². The molecule has 5 rings (SSSR count). The predicted octanol–water partition coefficient (Wildman–Crippen LogP) is 7.22. The SMILES string of the molecule is [2H]c1c(C)c([2H])c(-c2c(C)ccc3oc4c(-c5ccccc5)c([N+]#[C-])ccc4c23)[n+](C)c1C. The molecule has 0 N–H and O–H groups in total. The number of benzene rings is 3. The maximum Gasteiger partial charge on any atom is 0.213 e. The molecule has 2 heterocycles. The number of pyridine rings is 1. The molecule has 0 radical (unpaired) electrons. The maximum atomic E-state index is 8.87. The molecular formula is C28H23N2O+. The topological polar surface area (TPSA) is 21.4 Å². The van der Waals surface area contributed by atoms with Gasteiger partial charge in [0, 0.05) is 35.3 Å². The number of aromatic nitrogens is 1. The lowest BCUT2D eigenvalue weighted by Gasteiger charge is -2.09. The van der Waals surface area contributed by atoms with E-state index < -0.39 is 0 Å². The molecule has 2 aromatic heterocycles. The molecule has 0 amide bonds. The van der Waals surface area contributed by atoms with Crippen molar-refractivity contribution in [3.8, 4) is 22.4 Å². The Morgan fingerprint density at radius 3 is 2.45 bits per heavy atom. The second-order valence-electron chi connectivity index (χ2n) is 7.91. The van der Waals surface area contributed by atoms with Gasteiger partial charge in [-0.3, -0.25) is 0 Å². The monoisotopic (exact) mass is 405 g/mol. The second-order valence-corrected chi connectivity index (χ2v) is 7.91. The average molecular weight is 406 g/mol. The van der Waals surface area contributed by atoms with Crippen LogP contribution in [0.3, 0.4) is 0 Å². The van der Waals surface area contributed by atoms with Crippen LogP contribution in [0.4, 0.5) is 5.69 Å². The second kappa shape index (κ2) is 7.11. The molecule has 0 atom stereocenters. The first-order chi connectivity index (χ1) is 15.8. The summed E-state index contributed by atoms with van der Waals surface area (Å²) in [6.45, 7) is 13.5. The van der Waals surface area contributed by atoms with Gasteiger partial charge >= 0.3 is 0 Å². The van der Waals surface area contributed by atoms with Crippen molar-refractivity contribution in [2.75, 3.05) is 0 Å². The number of fused-ring (bicyclic) bond motifs is 3. The molecule has 3 heteroatoms. The number of furan rings is 1. The number of aryl methyl sites for hydroxylation is 1. The first-order valence-electron chi connectivity index (χ1n) is 11.2. The normalized spacial score (nSPS) is 12.1. The number of hydrogen-bond acceptors (Lipinski definition) is 1. The maximum absolute atomic E-state index is 8.87. The predicted molar refractivity (Wildman–Crippen MR) is 126 cm³/mol. The molecule has 5 aromatic rings. The van der Waals surface area contributed by atoms with Crippen LogP contribution >= 0.6 is 0 Å². The Morgan fingerprint density at radius 2 is 1.71 bits per heavy atom. The summed E-state index contributed by atoms with van der Waals surface area (Å²) in [6, 6.07) is 18.4. The minimum absolute atomic E-state index is 0.346. The minimum Gasteiger partial charge on any atom is -0.457 e. The molecular weight excluding hydrogens is 380 g/mol. The van der Waals surface area contributed by atoms with E-state index in [1.165, 1.54) is 0 Å². The fourth-order valence-corrected chi connectivity index (χ4v) is 4.35. The van der Waals surface area contributed by atoms with Crippen molar-refractivity contribution < 1.29 is 11.7 Å². The van der Waals surface area contributed by atoms with Crippen LogP contribution in [0.15, 0.2) is 71.1 Å². The van der Waals surface area contributed by atoms with Crippen molar-refractivity contribution in [2.45, 2.75) is 20.8 Å². The quantitative estimate of drug-likeness (QED) is 0.224. The molecule has 31 heavy (non-hydrogen) atoms. The molecule has 150 valence electrons. The Balaban J connectivity index is 1.98. The van der Waals surface area contributed by atoms with Crippen LogP contribution in [0.1, 0.15) is 19.6 Å². The standard InChI is InChI=1S/C28H23N2O/c1-17-15-19(3)30(5)23(16-17)25-18(2)11-14-24-27(25)21-12-13-22(29-4)26(28(21)31-24)20-9-7-6-8-10-20/h6-16H,1-3,5H3/q+1/i15D,16D. The first kappa shape index (κ1) is 16.8. The molecule has 0 fully saturated rings. The summed E-state index contributed by atoms with van der Waals surface area (Å²) in [5.74, 6) is 0. The van der Waals surface area contributed by atoms with E-state index in [-0.39, 0.29) is 0 Å². The zero-order chi connectivity index (χ0) is 23.4. The molecule has 0 unspecified atom stereocenters. The molecule has 0 aliphatic heterocycles. The van der Waals surface area contributed by atoms with Crippen molar-refractivity contribution >= 4 is 27.6 Å². The molecule has 3 nitrogen and oxygen atoms in total. The highest BCUT2D eigenvalue weighted by Crippen LogP contribution is 2.44. The van der Waals surface area contributed by atoms with Crippen molar-refractivity contribution in [3.05, 3.63) is 94.9 Å². The van der Waals surface area contributed by atoms with E-state index in [0.29, 0.717) is 28.9 Å². The highest BCUT2D eigenvalue weighted by atomic mass is 16.3. The van der Waals surface area contributed by atoms with E-state index in [4.69, 9.17) is 13.7 Å². The number of rotatable bonds is 2. The van der Waals surface area contributed by atoms with Gasteiger partial charge in [0.25, 0.3) is 0 Å². The van der Waals surface area contributed by atoms with E-state index >= 15 is 0 Å². The van der Waals surface area contributed by atoms with Gasteiger partial charge in [-0.15, -0.1) is 0 Å². The molecule has 0 aliphatic carbocycles. The van der Waals surface area contributed by atoms with Gasteiger partial charge in [0.1, 0.15) is 18.2 Å². The van der Waals surface area contributed by atoms with Crippen molar-refractivity contribution in [1.29, 1.82) is 0 Å². The van der Waals surface area contributed by atoms with E-state index in [1.807, 2.05) is 87.0 Å². The zero-order valence-corrected chi connectivity index (χ0v) is 18.0. The average Bonchev–Trinajstić information content (AvgIpc) is 3.21. The fourth-order valence-electron chi connectivity index (χ4n) is 4.35. The zero-order valence-electron chi connectivity index (χ0n) is 20.0. The summed E-state index contributed by atoms with van der Waals surface area (Å²) < 4.78 is 25.6. The van der Waals surface area contributed by atoms with Crippen molar-refractivity contribution in [1.82, 2.24) is 0 Å². The van der Waals surface area contributed by atoms with E-state index in [9.17, 15) is 0 Å². The minimum atomic E-state index is 0.346.